The third-order valence-electron chi connectivity index (χ3n) is 5.77. The summed E-state index contributed by atoms with van der Waals surface area (Å²) < 4.78 is 48.7. The maximum Gasteiger partial charge on any atom is 0.265 e. The second kappa shape index (κ2) is 9.87. The van der Waals surface area contributed by atoms with Gasteiger partial charge >= 0.3 is 0 Å². The van der Waals surface area contributed by atoms with Crippen molar-refractivity contribution in [2.45, 2.75) is 38.1 Å². The molecule has 0 radical (unpaired) electrons. The first kappa shape index (κ1) is 25.6. The van der Waals surface area contributed by atoms with Gasteiger partial charge < -0.3 is 10.1 Å². The number of pyridine rings is 1. The number of anilines is 2. The second-order valence-corrected chi connectivity index (χ2v) is 11.5. The molecule has 0 spiro atoms. The lowest BCUT2D eigenvalue weighted by Gasteiger charge is -2.26. The molecule has 2 aromatic heterocycles. The fraction of sp³-hybridized carbons (Fsp3) is 0.231. The molecule has 0 bridgehead atoms. The summed E-state index contributed by atoms with van der Waals surface area (Å²) in [6, 6.07) is 13.1. The summed E-state index contributed by atoms with van der Waals surface area (Å²) >= 11 is 1.42. The van der Waals surface area contributed by atoms with E-state index in [-0.39, 0.29) is 16.3 Å². The van der Waals surface area contributed by atoms with Crippen LogP contribution < -0.4 is 14.8 Å². The SMILES string of the molecule is COc1ccc(-c2sc(NC(C)(C)c3cccnc3)nc2C)cc1S(=O)(=O)Nc1c(C)cccc1F. The first-order chi connectivity index (χ1) is 17.0. The van der Waals surface area contributed by atoms with E-state index in [2.05, 4.69) is 20.0 Å². The van der Waals surface area contributed by atoms with Crippen LogP contribution in [0.25, 0.3) is 10.4 Å². The summed E-state index contributed by atoms with van der Waals surface area (Å²) in [4.78, 5) is 9.57. The molecule has 0 fully saturated rings. The van der Waals surface area contributed by atoms with Crippen molar-refractivity contribution >= 4 is 32.2 Å². The molecule has 36 heavy (non-hydrogen) atoms. The van der Waals surface area contributed by atoms with Gasteiger partial charge in [-0.3, -0.25) is 9.71 Å². The molecule has 2 heterocycles. The molecule has 10 heteroatoms. The normalized spacial score (nSPS) is 11.8. The molecule has 2 N–H and O–H groups in total. The average Bonchev–Trinajstić information content (AvgIpc) is 3.20. The number of aryl methyl sites for hydroxylation is 2. The van der Waals surface area contributed by atoms with Crippen LogP contribution >= 0.6 is 11.3 Å². The van der Waals surface area contributed by atoms with Crippen LogP contribution in [0.4, 0.5) is 15.2 Å². The zero-order chi connectivity index (χ0) is 26.1. The quantitative estimate of drug-likeness (QED) is 0.287. The summed E-state index contributed by atoms with van der Waals surface area (Å²) in [5.41, 5.74) is 2.36. The van der Waals surface area contributed by atoms with Crippen molar-refractivity contribution in [2.24, 2.45) is 0 Å². The van der Waals surface area contributed by atoms with E-state index in [9.17, 15) is 12.8 Å². The summed E-state index contributed by atoms with van der Waals surface area (Å²) in [5.74, 6) is -0.502. The highest BCUT2D eigenvalue weighted by Crippen LogP contribution is 2.38. The van der Waals surface area contributed by atoms with E-state index in [0.29, 0.717) is 16.3 Å². The Balaban J connectivity index is 1.70. The van der Waals surface area contributed by atoms with E-state index in [4.69, 9.17) is 4.74 Å². The van der Waals surface area contributed by atoms with Gasteiger partial charge in [-0.1, -0.05) is 29.5 Å². The number of thiazole rings is 1. The molecule has 4 aromatic rings. The number of nitrogens with zero attached hydrogens (tertiary/aromatic N) is 2. The minimum Gasteiger partial charge on any atom is -0.495 e. The molecule has 4 rings (SSSR count). The van der Waals surface area contributed by atoms with Crippen molar-refractivity contribution in [3.05, 3.63) is 83.6 Å². The number of halogens is 1. The van der Waals surface area contributed by atoms with E-state index in [1.54, 1.807) is 37.5 Å². The van der Waals surface area contributed by atoms with Crippen LogP contribution in [-0.4, -0.2) is 25.5 Å². The van der Waals surface area contributed by atoms with Crippen LogP contribution in [0.5, 0.6) is 5.75 Å². The van der Waals surface area contributed by atoms with Crippen molar-refractivity contribution in [1.29, 1.82) is 0 Å². The lowest BCUT2D eigenvalue weighted by molar-refractivity contribution is 0.403. The minimum absolute atomic E-state index is 0.0943. The lowest BCUT2D eigenvalue weighted by atomic mass is 9.96. The van der Waals surface area contributed by atoms with Gasteiger partial charge in [0.2, 0.25) is 0 Å². The number of methoxy groups -OCH3 is 1. The van der Waals surface area contributed by atoms with E-state index in [0.717, 1.165) is 16.1 Å². The van der Waals surface area contributed by atoms with Crippen LogP contribution in [-0.2, 0) is 15.6 Å². The van der Waals surface area contributed by atoms with Crippen LogP contribution in [0.15, 0.2) is 65.8 Å². The molecule has 188 valence electrons. The van der Waals surface area contributed by atoms with Crippen LogP contribution in [0, 0.1) is 19.7 Å². The van der Waals surface area contributed by atoms with Crippen molar-refractivity contribution in [3.63, 3.8) is 0 Å². The molecule has 0 aliphatic rings. The monoisotopic (exact) mass is 526 g/mol. The van der Waals surface area contributed by atoms with Gasteiger partial charge in [-0.2, -0.15) is 0 Å². The molecule has 2 aromatic carbocycles. The molecule has 0 aliphatic carbocycles. The topological polar surface area (TPSA) is 93.2 Å². The Morgan fingerprint density at radius 3 is 2.53 bits per heavy atom. The highest BCUT2D eigenvalue weighted by Gasteiger charge is 2.25. The van der Waals surface area contributed by atoms with E-state index in [1.807, 2.05) is 32.9 Å². The summed E-state index contributed by atoms with van der Waals surface area (Å²) in [7, 11) is -2.76. The fourth-order valence-electron chi connectivity index (χ4n) is 3.77. The number of para-hydroxylation sites is 1. The third-order valence-corrected chi connectivity index (χ3v) is 8.27. The lowest BCUT2D eigenvalue weighted by Crippen LogP contribution is -2.27. The molecule has 0 saturated heterocycles. The molecule has 0 unspecified atom stereocenters. The second-order valence-electron chi connectivity index (χ2n) is 8.83. The van der Waals surface area contributed by atoms with Gasteiger partial charge in [0.1, 0.15) is 16.5 Å². The Morgan fingerprint density at radius 1 is 1.08 bits per heavy atom. The predicted molar refractivity (Wildman–Crippen MR) is 142 cm³/mol. The number of benzene rings is 2. The van der Waals surface area contributed by atoms with Crippen LogP contribution in [0.2, 0.25) is 0 Å². The largest absolute Gasteiger partial charge is 0.495 e. The molecule has 0 aliphatic heterocycles. The van der Waals surface area contributed by atoms with Gasteiger partial charge in [0, 0.05) is 12.4 Å². The van der Waals surface area contributed by atoms with Crippen LogP contribution in [0.1, 0.15) is 30.7 Å². The van der Waals surface area contributed by atoms with Gasteiger partial charge in [0.25, 0.3) is 10.0 Å². The minimum atomic E-state index is -4.16. The third kappa shape index (κ3) is 5.19. The van der Waals surface area contributed by atoms with Crippen LogP contribution in [0.3, 0.4) is 0 Å². The van der Waals surface area contributed by atoms with Crippen molar-refractivity contribution in [3.8, 4) is 16.2 Å². The van der Waals surface area contributed by atoms with E-state index < -0.39 is 21.4 Å². The number of aromatic nitrogens is 2. The Bertz CT molecular complexity index is 1480. The first-order valence-corrected chi connectivity index (χ1v) is 13.4. The maximum atomic E-state index is 14.4. The van der Waals surface area contributed by atoms with Gasteiger partial charge in [-0.25, -0.2) is 17.8 Å². The molecule has 7 nitrogen and oxygen atoms in total. The zero-order valence-corrected chi connectivity index (χ0v) is 22.2. The molecular weight excluding hydrogens is 499 g/mol. The van der Waals surface area contributed by atoms with E-state index >= 15 is 0 Å². The number of ether oxygens (including phenoxy) is 1. The smallest absolute Gasteiger partial charge is 0.265 e. The Morgan fingerprint density at radius 2 is 1.86 bits per heavy atom. The highest BCUT2D eigenvalue weighted by atomic mass is 32.2. The molecule has 0 atom stereocenters. The number of rotatable bonds is 8. The van der Waals surface area contributed by atoms with Gasteiger partial charge in [0.15, 0.2) is 5.13 Å². The zero-order valence-electron chi connectivity index (χ0n) is 20.6. The summed E-state index contributed by atoms with van der Waals surface area (Å²) in [6.45, 7) is 7.58. The Labute approximate surface area is 214 Å². The predicted octanol–water partition coefficient (Wildman–Crippen LogP) is 6.12. The Hall–Kier alpha value is -3.50. The van der Waals surface area contributed by atoms with Gasteiger partial charge in [-0.05, 0) is 74.7 Å². The average molecular weight is 527 g/mol. The highest BCUT2D eigenvalue weighted by molar-refractivity contribution is 7.92. The Kier molecular flexibility index (Phi) is 7.01. The van der Waals surface area contributed by atoms with Crippen molar-refractivity contribution < 1.29 is 17.5 Å². The summed E-state index contributed by atoms with van der Waals surface area (Å²) in [5, 5.41) is 4.14. The van der Waals surface area contributed by atoms with E-state index in [1.165, 1.54) is 36.6 Å². The number of hydrogen-bond acceptors (Lipinski definition) is 7. The standard InChI is InChI=1S/C26H27FN4O3S2/c1-16-8-6-10-20(27)23(16)31-36(32,33)22-14-18(11-12-21(22)34-5)24-17(2)29-25(35-24)30-26(3,4)19-9-7-13-28-15-19/h6-15,31H,1-5H3,(H,29,30). The van der Waals surface area contributed by atoms with Crippen molar-refractivity contribution in [2.75, 3.05) is 17.1 Å². The van der Waals surface area contributed by atoms with Crippen molar-refractivity contribution in [1.82, 2.24) is 9.97 Å². The molecule has 0 saturated carbocycles. The molecular formula is C26H27FN4O3S2. The number of nitrogens with one attached hydrogen (secondary N) is 2. The fourth-order valence-corrected chi connectivity index (χ4v) is 6.22. The maximum absolute atomic E-state index is 14.4. The van der Waals surface area contributed by atoms with Gasteiger partial charge in [-0.15, -0.1) is 0 Å². The summed E-state index contributed by atoms with van der Waals surface area (Å²) in [6.07, 6.45) is 3.53. The van der Waals surface area contributed by atoms with Gasteiger partial charge in [0.05, 0.1) is 28.9 Å². The first-order valence-electron chi connectivity index (χ1n) is 11.1. The molecule has 0 amide bonds. The number of sulfonamides is 1. The number of hydrogen-bond donors (Lipinski definition) is 2.